The number of carbonyl (C=O) groups is 1. The molecular formula is C24H25F3N2O5S. The van der Waals surface area contributed by atoms with E-state index < -0.39 is 45.1 Å². The normalized spacial score (nSPS) is 20.3. The van der Waals surface area contributed by atoms with Crippen LogP contribution in [0.5, 0.6) is 5.75 Å². The Morgan fingerprint density at radius 3 is 2.63 bits per heavy atom. The van der Waals surface area contributed by atoms with Crippen molar-refractivity contribution in [2.75, 3.05) is 31.0 Å². The van der Waals surface area contributed by atoms with Crippen LogP contribution < -0.4 is 9.46 Å². The fourth-order valence-corrected chi connectivity index (χ4v) is 5.65. The van der Waals surface area contributed by atoms with E-state index in [4.69, 9.17) is 4.74 Å². The minimum absolute atomic E-state index is 0.0356. The predicted octanol–water partition coefficient (Wildman–Crippen LogP) is 4.42. The van der Waals surface area contributed by atoms with Crippen LogP contribution in [0.4, 0.5) is 18.9 Å². The second-order valence-corrected chi connectivity index (χ2v) is 10.1. The zero-order valence-electron chi connectivity index (χ0n) is 19.1. The number of ether oxygens (including phenoxy) is 1. The molecule has 1 heterocycles. The number of aromatic carboxylic acids is 1. The van der Waals surface area contributed by atoms with Crippen LogP contribution in [0.2, 0.25) is 0 Å². The van der Waals surface area contributed by atoms with Crippen molar-refractivity contribution in [3.8, 4) is 5.75 Å². The summed E-state index contributed by atoms with van der Waals surface area (Å²) < 4.78 is 76.0. The van der Waals surface area contributed by atoms with E-state index in [1.54, 1.807) is 6.08 Å². The number of alkyl halides is 2. The van der Waals surface area contributed by atoms with E-state index in [1.807, 2.05) is 13.8 Å². The number of nitrogens with one attached hydrogen (secondary N) is 1. The van der Waals surface area contributed by atoms with Crippen molar-refractivity contribution in [3.05, 3.63) is 58.9 Å². The second kappa shape index (κ2) is 9.19. The lowest BCUT2D eigenvalue weighted by Gasteiger charge is -2.20. The minimum atomic E-state index is -4.38. The Kier molecular flexibility index (Phi) is 6.58. The lowest BCUT2D eigenvalue weighted by atomic mass is 10.0. The van der Waals surface area contributed by atoms with Crippen molar-refractivity contribution >= 4 is 27.8 Å². The lowest BCUT2D eigenvalue weighted by Crippen LogP contribution is -2.22. The van der Waals surface area contributed by atoms with E-state index in [0.29, 0.717) is 6.54 Å². The van der Waals surface area contributed by atoms with Crippen LogP contribution in [0.15, 0.2) is 41.3 Å². The maximum Gasteiger partial charge on any atom is 0.341 e. The number of carboxylic acid groups (broad SMARTS) is 1. The van der Waals surface area contributed by atoms with E-state index in [0.717, 1.165) is 37.4 Å². The minimum Gasteiger partial charge on any atom is -0.492 e. The number of halogens is 3. The number of sulfonamides is 1. The highest BCUT2D eigenvalue weighted by Gasteiger charge is 2.71. The molecule has 1 aliphatic carbocycles. The molecule has 1 saturated carbocycles. The van der Waals surface area contributed by atoms with Crippen molar-refractivity contribution in [2.45, 2.75) is 30.6 Å². The van der Waals surface area contributed by atoms with Gasteiger partial charge in [-0.25, -0.2) is 26.4 Å². The van der Waals surface area contributed by atoms with Crippen LogP contribution in [0, 0.1) is 11.7 Å². The summed E-state index contributed by atoms with van der Waals surface area (Å²) in [6.07, 6.45) is 3.20. The van der Waals surface area contributed by atoms with Gasteiger partial charge in [0.25, 0.3) is 15.9 Å². The number of benzene rings is 2. The molecule has 4 rings (SSSR count). The van der Waals surface area contributed by atoms with Gasteiger partial charge in [0, 0.05) is 12.1 Å². The Bertz CT molecular complexity index is 1290. The van der Waals surface area contributed by atoms with Gasteiger partial charge in [-0.1, -0.05) is 32.1 Å². The molecule has 2 aromatic carbocycles. The monoisotopic (exact) mass is 510 g/mol. The van der Waals surface area contributed by atoms with Crippen molar-refractivity contribution in [3.63, 3.8) is 0 Å². The van der Waals surface area contributed by atoms with Gasteiger partial charge in [0.05, 0.1) is 29.0 Å². The average molecular weight is 511 g/mol. The first kappa shape index (κ1) is 25.1. The molecule has 0 aromatic heterocycles. The Morgan fingerprint density at radius 1 is 1.26 bits per heavy atom. The average Bonchev–Trinajstić information content (AvgIpc) is 3.37. The van der Waals surface area contributed by atoms with Gasteiger partial charge in [0.1, 0.15) is 17.1 Å². The maximum absolute atomic E-state index is 14.0. The Balaban J connectivity index is 1.69. The molecule has 0 radical (unpaired) electrons. The lowest BCUT2D eigenvalue weighted by molar-refractivity contribution is 0.0691. The van der Waals surface area contributed by atoms with E-state index in [9.17, 15) is 31.5 Å². The number of rotatable bonds is 9. The molecule has 2 atom stereocenters. The van der Waals surface area contributed by atoms with Gasteiger partial charge in [-0.2, -0.15) is 0 Å². The van der Waals surface area contributed by atoms with E-state index >= 15 is 0 Å². The third-order valence-electron chi connectivity index (χ3n) is 6.41. The van der Waals surface area contributed by atoms with Gasteiger partial charge < -0.3 is 14.7 Å². The largest absolute Gasteiger partial charge is 0.492 e. The highest BCUT2D eigenvalue weighted by atomic mass is 32.2. The summed E-state index contributed by atoms with van der Waals surface area (Å²) in [5, 5.41) is 9.76. The summed E-state index contributed by atoms with van der Waals surface area (Å²) in [6, 6.07) is 5.53. The van der Waals surface area contributed by atoms with Crippen molar-refractivity contribution in [1.29, 1.82) is 0 Å². The number of nitrogens with zero attached hydrogens (tertiary/aromatic N) is 1. The van der Waals surface area contributed by atoms with Crippen LogP contribution >= 0.6 is 0 Å². The number of anilines is 1. The molecule has 0 spiro atoms. The summed E-state index contributed by atoms with van der Waals surface area (Å²) >= 11 is 0. The summed E-state index contributed by atoms with van der Waals surface area (Å²) in [5.41, 5.74) is -0.765. The SMILES string of the molecule is CCN(CC)C/C=C\c1cc(F)ccc1S(=O)(=O)Nc1ccc2c(c1C(=O)O)OCC1C2C1(F)F. The molecule has 0 amide bonds. The number of carboxylic acids is 1. The molecule has 2 unspecified atom stereocenters. The van der Waals surface area contributed by atoms with Crippen LogP contribution in [-0.4, -0.2) is 56.6 Å². The molecule has 1 fully saturated rings. The molecule has 35 heavy (non-hydrogen) atoms. The number of likely N-dealkylation sites (N-methyl/N-ethyl adjacent to an activating group) is 1. The molecule has 7 nitrogen and oxygen atoms in total. The van der Waals surface area contributed by atoms with Crippen LogP contribution in [0.1, 0.15) is 41.3 Å². The fourth-order valence-electron chi connectivity index (χ4n) is 4.40. The van der Waals surface area contributed by atoms with Gasteiger partial charge in [-0.15, -0.1) is 0 Å². The van der Waals surface area contributed by atoms with Gasteiger partial charge >= 0.3 is 5.97 Å². The predicted molar refractivity (Wildman–Crippen MR) is 124 cm³/mol. The van der Waals surface area contributed by atoms with Crippen LogP contribution in [0.25, 0.3) is 6.08 Å². The molecule has 188 valence electrons. The summed E-state index contributed by atoms with van der Waals surface area (Å²) in [4.78, 5) is 13.8. The maximum atomic E-state index is 14.0. The molecular weight excluding hydrogens is 485 g/mol. The van der Waals surface area contributed by atoms with Gasteiger partial charge in [-0.05, 0) is 42.9 Å². The van der Waals surface area contributed by atoms with Gasteiger partial charge in [-0.3, -0.25) is 4.72 Å². The zero-order chi connectivity index (χ0) is 25.5. The fraction of sp³-hybridized carbons (Fsp3) is 0.375. The zero-order valence-corrected chi connectivity index (χ0v) is 19.9. The van der Waals surface area contributed by atoms with Crippen molar-refractivity contribution in [2.24, 2.45) is 5.92 Å². The Labute approximate surface area is 201 Å². The molecule has 11 heteroatoms. The molecule has 2 aliphatic rings. The molecule has 0 saturated heterocycles. The molecule has 1 aliphatic heterocycles. The van der Waals surface area contributed by atoms with Gasteiger partial charge in [0.2, 0.25) is 0 Å². The van der Waals surface area contributed by atoms with Gasteiger partial charge in [0.15, 0.2) is 0 Å². The number of hydrogen-bond acceptors (Lipinski definition) is 5. The van der Waals surface area contributed by atoms with Crippen molar-refractivity contribution < 1.29 is 36.2 Å². The second-order valence-electron chi connectivity index (χ2n) is 8.46. The summed E-state index contributed by atoms with van der Waals surface area (Å²) in [7, 11) is -4.38. The first-order valence-corrected chi connectivity index (χ1v) is 12.6. The van der Waals surface area contributed by atoms with Crippen LogP contribution in [0.3, 0.4) is 0 Å². The first-order chi connectivity index (χ1) is 16.5. The standard InChI is InChI=1S/C24H25F3N2O5S/c1-3-29(4-2)11-5-6-14-12-15(25)7-10-19(14)35(32,33)28-18-9-8-16-21-17(24(21,26)27)13-34-22(16)20(18)23(30)31/h5-10,12,17,21,28H,3-4,11,13H2,1-2H3,(H,30,31)/b6-5-. The first-order valence-electron chi connectivity index (χ1n) is 11.1. The highest BCUT2D eigenvalue weighted by molar-refractivity contribution is 7.92. The third kappa shape index (κ3) is 4.62. The third-order valence-corrected chi connectivity index (χ3v) is 7.85. The molecule has 2 aromatic rings. The summed E-state index contributed by atoms with van der Waals surface area (Å²) in [5.74, 6) is -7.61. The van der Waals surface area contributed by atoms with E-state index in [2.05, 4.69) is 9.62 Å². The Morgan fingerprint density at radius 2 is 1.97 bits per heavy atom. The smallest absolute Gasteiger partial charge is 0.341 e. The quantitative estimate of drug-likeness (QED) is 0.519. The molecule has 2 N–H and O–H groups in total. The van der Waals surface area contributed by atoms with E-state index in [1.165, 1.54) is 12.1 Å². The van der Waals surface area contributed by atoms with Crippen molar-refractivity contribution in [1.82, 2.24) is 4.90 Å². The van der Waals surface area contributed by atoms with Crippen LogP contribution in [-0.2, 0) is 10.0 Å². The number of hydrogen-bond donors (Lipinski definition) is 2. The van der Waals surface area contributed by atoms with E-state index in [-0.39, 0.29) is 34.1 Å². The highest BCUT2D eigenvalue weighted by Crippen LogP contribution is 2.65. The summed E-state index contributed by atoms with van der Waals surface area (Å²) in [6.45, 7) is 5.68. The molecule has 0 bridgehead atoms. The topological polar surface area (TPSA) is 95.9 Å². The Hall–Kier alpha value is -3.05. The number of fused-ring (bicyclic) bond motifs is 3.